The fourth-order valence-electron chi connectivity index (χ4n) is 3.49. The molecule has 4 rings (SSSR count). The monoisotopic (exact) mass is 498 g/mol. The second-order valence-electron chi connectivity index (χ2n) is 7.51. The van der Waals surface area contributed by atoms with Crippen LogP contribution in [0.1, 0.15) is 10.4 Å². The molecule has 1 atom stereocenters. The Hall–Kier alpha value is -3.49. The van der Waals surface area contributed by atoms with Crippen molar-refractivity contribution >= 4 is 33.2 Å². The van der Waals surface area contributed by atoms with Gasteiger partial charge in [-0.1, -0.05) is 48.0 Å². The van der Waals surface area contributed by atoms with Gasteiger partial charge in [0.15, 0.2) is 11.5 Å². The van der Waals surface area contributed by atoms with Crippen LogP contribution < -0.4 is 19.1 Å². The van der Waals surface area contributed by atoms with Gasteiger partial charge in [0.2, 0.25) is 0 Å². The van der Waals surface area contributed by atoms with Crippen molar-refractivity contribution in [1.82, 2.24) is 5.32 Å². The zero-order valence-electron chi connectivity index (χ0n) is 18.2. The van der Waals surface area contributed by atoms with Crippen LogP contribution in [0.3, 0.4) is 0 Å². The van der Waals surface area contributed by atoms with Crippen LogP contribution in [0.2, 0.25) is 5.02 Å². The van der Waals surface area contributed by atoms with E-state index in [1.54, 1.807) is 42.5 Å². The minimum atomic E-state index is -3.98. The maximum absolute atomic E-state index is 13.4. The number of nitrogens with zero attached hydrogens (tertiary/aromatic N) is 1. The van der Waals surface area contributed by atoms with Crippen LogP contribution in [0.15, 0.2) is 90.3 Å². The molecule has 1 aliphatic rings. The second kappa shape index (κ2) is 10.2. The van der Waals surface area contributed by atoms with Crippen molar-refractivity contribution in [1.29, 1.82) is 0 Å². The smallest absolute Gasteiger partial charge is 0.264 e. The van der Waals surface area contributed by atoms with Gasteiger partial charge in [0.1, 0.15) is 12.7 Å². The third-order valence-electron chi connectivity index (χ3n) is 5.17. The Balaban J connectivity index is 1.52. The summed E-state index contributed by atoms with van der Waals surface area (Å²) in [5.74, 6) is 0.732. The van der Waals surface area contributed by atoms with E-state index in [2.05, 4.69) is 11.9 Å². The molecule has 7 nitrogen and oxygen atoms in total. The Morgan fingerprint density at radius 3 is 2.53 bits per heavy atom. The number of anilines is 1. The van der Waals surface area contributed by atoms with Gasteiger partial charge in [-0.05, 0) is 42.5 Å². The predicted octanol–water partition coefficient (Wildman–Crippen LogP) is 4.29. The molecular formula is C25H23ClN2O5S. The largest absolute Gasteiger partial charge is 0.486 e. The summed E-state index contributed by atoms with van der Waals surface area (Å²) in [6.45, 7) is 4.16. The van der Waals surface area contributed by atoms with Crippen LogP contribution in [0, 0.1) is 0 Å². The van der Waals surface area contributed by atoms with Crippen molar-refractivity contribution in [2.45, 2.75) is 11.0 Å². The Labute approximate surface area is 203 Å². The molecule has 9 heteroatoms. The Morgan fingerprint density at radius 1 is 1.09 bits per heavy atom. The number of fused-ring (bicyclic) bond motifs is 1. The first-order valence-corrected chi connectivity index (χ1v) is 12.4. The normalized spacial score (nSPS) is 14.8. The maximum atomic E-state index is 13.4. The van der Waals surface area contributed by atoms with E-state index in [0.29, 0.717) is 17.2 Å². The molecule has 3 aromatic carbocycles. The van der Waals surface area contributed by atoms with E-state index < -0.39 is 22.0 Å². The topological polar surface area (TPSA) is 84.9 Å². The van der Waals surface area contributed by atoms with E-state index in [1.807, 2.05) is 12.1 Å². The highest BCUT2D eigenvalue weighted by atomic mass is 35.5. The second-order valence-corrected chi connectivity index (χ2v) is 9.78. The third kappa shape index (κ3) is 5.03. The minimum Gasteiger partial charge on any atom is -0.486 e. The van der Waals surface area contributed by atoms with Crippen molar-refractivity contribution in [3.63, 3.8) is 0 Å². The summed E-state index contributed by atoms with van der Waals surface area (Å²) < 4.78 is 39.5. The van der Waals surface area contributed by atoms with Crippen molar-refractivity contribution in [2.75, 3.05) is 24.0 Å². The lowest BCUT2D eigenvalue weighted by molar-refractivity contribution is 0.0789. The number of carbonyl (C=O) groups excluding carboxylic acids is 1. The summed E-state index contributed by atoms with van der Waals surface area (Å²) in [5.41, 5.74) is 0.532. The number of benzene rings is 3. The molecule has 34 heavy (non-hydrogen) atoms. The number of amides is 1. The van der Waals surface area contributed by atoms with E-state index >= 15 is 0 Å². The van der Waals surface area contributed by atoms with Gasteiger partial charge in [-0.3, -0.25) is 9.10 Å². The summed E-state index contributed by atoms with van der Waals surface area (Å²) in [6, 6.07) is 20.0. The average Bonchev–Trinajstić information content (AvgIpc) is 2.86. The zero-order chi connectivity index (χ0) is 24.1. The van der Waals surface area contributed by atoms with Crippen LogP contribution in [0.4, 0.5) is 5.69 Å². The minimum absolute atomic E-state index is 0.0477. The first kappa shape index (κ1) is 23.7. The Morgan fingerprint density at radius 2 is 1.79 bits per heavy atom. The molecule has 0 fully saturated rings. The number of sulfonamides is 1. The molecule has 0 spiro atoms. The lowest BCUT2D eigenvalue weighted by Gasteiger charge is -2.26. The Kier molecular flexibility index (Phi) is 7.09. The van der Waals surface area contributed by atoms with Crippen LogP contribution in [0.5, 0.6) is 11.5 Å². The summed E-state index contributed by atoms with van der Waals surface area (Å²) in [7, 11) is -3.98. The summed E-state index contributed by atoms with van der Waals surface area (Å²) in [6.07, 6.45) is 1.10. The van der Waals surface area contributed by atoms with Gasteiger partial charge < -0.3 is 14.8 Å². The van der Waals surface area contributed by atoms with Gasteiger partial charge in [-0.25, -0.2) is 8.42 Å². The number of para-hydroxylation sites is 3. The van der Waals surface area contributed by atoms with E-state index in [9.17, 15) is 13.2 Å². The number of carbonyl (C=O) groups is 1. The first-order chi connectivity index (χ1) is 16.4. The van der Waals surface area contributed by atoms with Gasteiger partial charge in [0, 0.05) is 0 Å². The number of halogens is 1. The molecule has 0 unspecified atom stereocenters. The molecule has 0 saturated carbocycles. The molecule has 0 aromatic heterocycles. The average molecular weight is 499 g/mol. The number of hydrogen-bond donors (Lipinski definition) is 1. The molecular weight excluding hydrogens is 476 g/mol. The van der Waals surface area contributed by atoms with Crippen molar-refractivity contribution in [3.05, 3.63) is 96.0 Å². The highest BCUT2D eigenvalue weighted by Crippen LogP contribution is 2.31. The first-order valence-electron chi connectivity index (χ1n) is 10.5. The van der Waals surface area contributed by atoms with Crippen LogP contribution in [-0.2, 0) is 10.0 Å². The van der Waals surface area contributed by atoms with Crippen LogP contribution >= 0.6 is 11.6 Å². The number of nitrogens with one attached hydrogen (secondary N) is 1. The van der Waals surface area contributed by atoms with Gasteiger partial charge in [-0.2, -0.15) is 0 Å². The predicted molar refractivity (Wildman–Crippen MR) is 131 cm³/mol. The van der Waals surface area contributed by atoms with E-state index in [-0.39, 0.29) is 35.2 Å². The fraction of sp³-hybridized carbons (Fsp3) is 0.160. The SMILES string of the molecule is C=CCN(c1ccccc1)S(=O)(=O)c1ccc(Cl)c(C(=O)NC[C@@H]2COc3ccccc3O2)c1. The summed E-state index contributed by atoms with van der Waals surface area (Å²) >= 11 is 6.25. The highest BCUT2D eigenvalue weighted by molar-refractivity contribution is 7.92. The molecule has 0 aliphatic carbocycles. The van der Waals surface area contributed by atoms with Crippen LogP contribution in [0.25, 0.3) is 0 Å². The maximum Gasteiger partial charge on any atom is 0.264 e. The molecule has 1 heterocycles. The molecule has 1 N–H and O–H groups in total. The lowest BCUT2D eigenvalue weighted by atomic mass is 10.2. The molecule has 0 bridgehead atoms. The van der Waals surface area contributed by atoms with Gasteiger partial charge in [0.05, 0.1) is 34.3 Å². The molecule has 0 radical (unpaired) electrons. The van der Waals surface area contributed by atoms with E-state index in [1.165, 1.54) is 28.6 Å². The molecule has 1 amide bonds. The summed E-state index contributed by atoms with van der Waals surface area (Å²) in [5, 5.41) is 2.89. The van der Waals surface area contributed by atoms with Crippen molar-refractivity contribution in [3.8, 4) is 11.5 Å². The van der Waals surface area contributed by atoms with Gasteiger partial charge in [0.25, 0.3) is 15.9 Å². The molecule has 0 saturated heterocycles. The van der Waals surface area contributed by atoms with E-state index in [4.69, 9.17) is 21.1 Å². The fourth-order valence-corrected chi connectivity index (χ4v) is 5.15. The highest BCUT2D eigenvalue weighted by Gasteiger charge is 2.27. The summed E-state index contributed by atoms with van der Waals surface area (Å²) in [4.78, 5) is 12.8. The van der Waals surface area contributed by atoms with Crippen molar-refractivity contribution in [2.24, 2.45) is 0 Å². The quantitative estimate of drug-likeness (QED) is 0.468. The van der Waals surface area contributed by atoms with Gasteiger partial charge >= 0.3 is 0 Å². The number of rotatable bonds is 8. The van der Waals surface area contributed by atoms with Gasteiger partial charge in [-0.15, -0.1) is 6.58 Å². The number of ether oxygens (including phenoxy) is 2. The number of hydrogen-bond acceptors (Lipinski definition) is 5. The Bertz CT molecular complexity index is 1300. The standard InChI is InChI=1S/C25H23ClN2O5S/c1-2-14-28(18-8-4-3-5-9-18)34(30,31)20-12-13-22(26)21(15-20)25(29)27-16-19-17-32-23-10-6-7-11-24(23)33-19/h2-13,15,19H,1,14,16-17H2,(H,27,29)/t19-/m1/s1. The zero-order valence-corrected chi connectivity index (χ0v) is 19.8. The van der Waals surface area contributed by atoms with Crippen LogP contribution in [-0.4, -0.2) is 40.1 Å². The molecule has 3 aromatic rings. The van der Waals surface area contributed by atoms with E-state index in [0.717, 1.165) is 0 Å². The lowest BCUT2D eigenvalue weighted by Crippen LogP contribution is -2.40. The molecule has 1 aliphatic heterocycles. The third-order valence-corrected chi connectivity index (χ3v) is 7.29. The molecule has 176 valence electrons. The van der Waals surface area contributed by atoms with Crippen molar-refractivity contribution < 1.29 is 22.7 Å².